The third-order valence-corrected chi connectivity index (χ3v) is 0. The van der Waals surface area contributed by atoms with Crippen molar-refractivity contribution in [3.63, 3.8) is 0 Å². The maximum Gasteiger partial charge on any atom is -0.0431 e. The van der Waals surface area contributed by atoms with Crippen LogP contribution in [0.5, 0.6) is 0 Å². The molecule has 0 N–H and O–H groups in total. The zero-order valence-corrected chi connectivity index (χ0v) is 4.27. The molecule has 0 heterocycles. The molecule has 0 fully saturated rings. The fourth-order valence-corrected chi connectivity index (χ4v) is 0. The van der Waals surface area contributed by atoms with Crippen molar-refractivity contribution in [3.05, 3.63) is 0 Å². The van der Waals surface area contributed by atoms with Crippen LogP contribution in [0.4, 0.5) is 9.59 Å². The quantitative estimate of drug-likeness (QED) is 0.319. The molecule has 48 valence electrons. The molecule has 0 aliphatic rings. The van der Waals surface area contributed by atoms with Gasteiger partial charge >= 0.3 is 0 Å². The van der Waals surface area contributed by atoms with Crippen molar-refractivity contribution in [1.29, 1.82) is 0 Å². The number of hydrogen-bond acceptors (Lipinski definition) is 6. The van der Waals surface area contributed by atoms with Gasteiger partial charge in [-0.2, -0.15) is 0 Å². The first-order chi connectivity index (χ1) is 3.46. The van der Waals surface area contributed by atoms with E-state index in [1.54, 1.807) is 0 Å². The summed E-state index contributed by atoms with van der Waals surface area (Å²) >= 11 is 3.43. The van der Waals surface area contributed by atoms with Crippen LogP contribution in [-0.2, 0) is 12.6 Å². The maximum atomic E-state index is 8.70. The van der Waals surface area contributed by atoms with Gasteiger partial charge in [0.2, 0.25) is 0 Å². The molecule has 0 saturated heterocycles. The molecule has 0 spiro atoms. The fourth-order valence-electron chi connectivity index (χ4n) is 0. The summed E-state index contributed by atoms with van der Waals surface area (Å²) in [6.45, 7) is 0. The van der Waals surface area contributed by atoms with Gasteiger partial charge in [0.15, 0.2) is 0 Å². The summed E-state index contributed by atoms with van der Waals surface area (Å²) in [4.78, 5) is 17.0. The van der Waals surface area contributed by atoms with Gasteiger partial charge in [-0.3, -0.25) is 0 Å². The number of carbonyl (C=O) groups is 2. The Bertz CT molecular complexity index is 68.4. The predicted octanol–water partition coefficient (Wildman–Crippen LogP) is -3.57. The smallest absolute Gasteiger partial charge is 0.0431 e. The van der Waals surface area contributed by atoms with Crippen LogP contribution in [0.2, 0.25) is 0 Å². The normalized spacial score (nSPS) is 6.00. The summed E-state index contributed by atoms with van der Waals surface area (Å²) in [5, 5.41) is 23.9. The van der Waals surface area contributed by atoms with E-state index < -0.39 is 11.5 Å². The van der Waals surface area contributed by atoms with Gasteiger partial charge < -0.3 is 37.5 Å². The molecule has 0 aliphatic heterocycles. The monoisotopic (exact) mass is 136 g/mol. The van der Waals surface area contributed by atoms with Crippen molar-refractivity contribution < 1.29 is 24.9 Å². The van der Waals surface area contributed by atoms with Gasteiger partial charge in [-0.15, -0.1) is 0 Å². The molecule has 0 amide bonds. The SMILES string of the molecule is O=C([O-])[O-].O=C([O-])[S-]. The van der Waals surface area contributed by atoms with E-state index in [1.807, 2.05) is 0 Å². The van der Waals surface area contributed by atoms with E-state index in [1.165, 1.54) is 0 Å². The van der Waals surface area contributed by atoms with Gasteiger partial charge in [0.1, 0.15) is 0 Å². The van der Waals surface area contributed by atoms with E-state index >= 15 is 0 Å². The highest BCUT2D eigenvalue weighted by Gasteiger charge is 1.26. The zero-order valence-electron chi connectivity index (χ0n) is 3.45. The molecular formula is C2O5S-4. The molecular weight excluding hydrogens is 136 g/mol. The zero-order chi connectivity index (χ0) is 7.15. The standard InChI is InChI=1S/CH2O3.CH2O2S/c2*2-1(3)4/h(H2,2,3,4);4H,(H,2,3)/p-4. The van der Waals surface area contributed by atoms with Gasteiger partial charge in [-0.05, 0) is 6.16 Å². The average Bonchev–Trinajstić information content (AvgIpc) is 1.25. The Labute approximate surface area is 50.0 Å². The Morgan fingerprint density at radius 3 is 1.12 bits per heavy atom. The molecule has 0 radical (unpaired) electrons. The Hall–Kier alpha value is -1.04. The highest BCUT2D eigenvalue weighted by Crippen LogP contribution is 1.38. The van der Waals surface area contributed by atoms with E-state index in [2.05, 4.69) is 12.6 Å². The van der Waals surface area contributed by atoms with E-state index in [0.29, 0.717) is 0 Å². The van der Waals surface area contributed by atoms with Crippen LogP contribution in [0.3, 0.4) is 0 Å². The van der Waals surface area contributed by atoms with Crippen molar-refractivity contribution in [2.45, 2.75) is 0 Å². The van der Waals surface area contributed by atoms with Gasteiger partial charge in [0, 0.05) is 0 Å². The van der Waals surface area contributed by atoms with E-state index in [0.717, 1.165) is 0 Å². The number of carboxylic acid groups (broad SMARTS) is 3. The topological polar surface area (TPSA) is 103 Å². The lowest BCUT2D eigenvalue weighted by atomic mass is 11.5. The molecule has 0 aromatic rings. The molecule has 0 aliphatic carbocycles. The van der Waals surface area contributed by atoms with Crippen LogP contribution < -0.4 is 15.3 Å². The number of rotatable bonds is 0. The van der Waals surface area contributed by atoms with Crippen molar-refractivity contribution in [2.24, 2.45) is 0 Å². The second kappa shape index (κ2) is 5.96. The van der Waals surface area contributed by atoms with Crippen LogP contribution >= 0.6 is 0 Å². The third kappa shape index (κ3) is 71.9. The molecule has 5 nitrogen and oxygen atoms in total. The molecule has 0 saturated carbocycles. The molecule has 0 aromatic carbocycles. The average molecular weight is 136 g/mol. The van der Waals surface area contributed by atoms with Crippen LogP contribution in [0.15, 0.2) is 0 Å². The van der Waals surface area contributed by atoms with Crippen LogP contribution in [0, 0.1) is 0 Å². The first-order valence-electron chi connectivity index (χ1n) is 1.22. The Morgan fingerprint density at radius 2 is 1.12 bits per heavy atom. The van der Waals surface area contributed by atoms with Crippen molar-refractivity contribution in [1.82, 2.24) is 0 Å². The van der Waals surface area contributed by atoms with Crippen molar-refractivity contribution >= 4 is 24.1 Å². The molecule has 8 heavy (non-hydrogen) atoms. The van der Waals surface area contributed by atoms with Gasteiger partial charge in [-0.25, -0.2) is 0 Å². The van der Waals surface area contributed by atoms with Crippen LogP contribution in [0.1, 0.15) is 0 Å². The summed E-state index contributed by atoms with van der Waals surface area (Å²) < 4.78 is 0. The van der Waals surface area contributed by atoms with Gasteiger partial charge in [0.25, 0.3) is 0 Å². The number of carbonyl (C=O) groups excluding carboxylic acids is 2. The lowest BCUT2D eigenvalue weighted by Gasteiger charge is -1.98. The largest absolute Gasteiger partial charge is 0.764 e. The molecule has 0 unspecified atom stereocenters. The minimum Gasteiger partial charge on any atom is -0.764 e. The highest BCUT2D eigenvalue weighted by molar-refractivity contribution is 7.76. The van der Waals surface area contributed by atoms with Gasteiger partial charge in [0.05, 0.1) is 0 Å². The Morgan fingerprint density at radius 1 is 1.12 bits per heavy atom. The molecule has 6 heteroatoms. The second-order valence-electron chi connectivity index (χ2n) is 0.500. The minimum atomic E-state index is -2.33. The second-order valence-corrected chi connectivity index (χ2v) is 0.833. The number of hydrogen-bond donors (Lipinski definition) is 0. The van der Waals surface area contributed by atoms with E-state index in [9.17, 15) is 0 Å². The molecule has 0 rings (SSSR count). The summed E-state index contributed by atoms with van der Waals surface area (Å²) in [5.74, 6) is 0. The first-order valence-corrected chi connectivity index (χ1v) is 1.63. The predicted molar refractivity (Wildman–Crippen MR) is 18.2 cm³/mol. The lowest BCUT2D eigenvalue weighted by Crippen LogP contribution is -2.37. The summed E-state index contributed by atoms with van der Waals surface area (Å²) in [6.07, 6.45) is -2.33. The maximum absolute atomic E-state index is 8.70. The molecule has 0 bridgehead atoms. The summed E-state index contributed by atoms with van der Waals surface area (Å²) in [7, 11) is 0. The third-order valence-electron chi connectivity index (χ3n) is 0. The van der Waals surface area contributed by atoms with Crippen molar-refractivity contribution in [3.8, 4) is 0 Å². The molecule has 0 aromatic heterocycles. The van der Waals surface area contributed by atoms with E-state index in [-0.39, 0.29) is 0 Å². The van der Waals surface area contributed by atoms with Crippen LogP contribution in [0.25, 0.3) is 0 Å². The fraction of sp³-hybridized carbons (Fsp3) is 0. The van der Waals surface area contributed by atoms with Gasteiger partial charge in [-0.1, -0.05) is 5.30 Å². The molecule has 0 atom stereocenters. The first kappa shape index (κ1) is 10.0. The van der Waals surface area contributed by atoms with Crippen LogP contribution in [-0.4, -0.2) is 11.5 Å². The summed E-state index contributed by atoms with van der Waals surface area (Å²) in [5.41, 5.74) is 0. The summed E-state index contributed by atoms with van der Waals surface area (Å²) in [6, 6.07) is 0. The highest BCUT2D eigenvalue weighted by atomic mass is 32.1. The van der Waals surface area contributed by atoms with Crippen molar-refractivity contribution in [2.75, 3.05) is 0 Å². The minimum absolute atomic E-state index is 1.50. The lowest BCUT2D eigenvalue weighted by molar-refractivity contribution is -0.415. The Kier molecular flexibility index (Phi) is 7.49. The Balaban J connectivity index is 0. The van der Waals surface area contributed by atoms with E-state index in [4.69, 9.17) is 24.9 Å².